The van der Waals surface area contributed by atoms with Crippen molar-refractivity contribution in [2.24, 2.45) is 0 Å². The number of aromatic nitrogens is 1. The fraction of sp³-hybridized carbons (Fsp3) is 0.143. The summed E-state index contributed by atoms with van der Waals surface area (Å²) in [5, 5.41) is 11.1. The molecule has 0 saturated carbocycles. The van der Waals surface area contributed by atoms with Crippen LogP contribution in [0.3, 0.4) is 0 Å². The zero-order chi connectivity index (χ0) is 25.7. The highest BCUT2D eigenvalue weighted by atomic mass is 35.5. The van der Waals surface area contributed by atoms with Crippen LogP contribution in [0.2, 0.25) is 5.02 Å². The third-order valence-corrected chi connectivity index (χ3v) is 6.44. The third kappa shape index (κ3) is 6.79. The molecule has 0 aliphatic heterocycles. The molecule has 0 radical (unpaired) electrons. The summed E-state index contributed by atoms with van der Waals surface area (Å²) in [7, 11) is -3.75. The summed E-state index contributed by atoms with van der Waals surface area (Å²) in [6.45, 7) is 0. The number of hydrogen-bond donors (Lipinski definition) is 1. The van der Waals surface area contributed by atoms with Gasteiger partial charge < -0.3 is 5.11 Å². The fourth-order valence-corrected chi connectivity index (χ4v) is 4.75. The molecule has 4 rings (SSSR count). The van der Waals surface area contributed by atoms with Gasteiger partial charge in [-0.1, -0.05) is 66.2 Å². The van der Waals surface area contributed by atoms with Gasteiger partial charge in [0.15, 0.2) is 0 Å². The van der Waals surface area contributed by atoms with Gasteiger partial charge in [-0.15, -0.1) is 0 Å². The van der Waals surface area contributed by atoms with Crippen LogP contribution in [-0.2, 0) is 20.7 Å². The SMILES string of the molecule is CS(=O)(=O)O[C@@H](CCc1ccccc1C(=O)O)c1cccc(/C=C/c2ccc3ccc(Cl)cc3n2)c1. The molecule has 0 saturated heterocycles. The largest absolute Gasteiger partial charge is 0.478 e. The predicted octanol–water partition coefficient (Wildman–Crippen LogP) is 6.41. The smallest absolute Gasteiger partial charge is 0.335 e. The quantitative estimate of drug-likeness (QED) is 0.256. The summed E-state index contributed by atoms with van der Waals surface area (Å²) < 4.78 is 29.4. The lowest BCUT2D eigenvalue weighted by Crippen LogP contribution is -2.12. The molecule has 0 bridgehead atoms. The van der Waals surface area contributed by atoms with Crippen LogP contribution in [-0.4, -0.2) is 30.7 Å². The van der Waals surface area contributed by atoms with E-state index in [-0.39, 0.29) is 12.0 Å². The summed E-state index contributed by atoms with van der Waals surface area (Å²) >= 11 is 6.08. The number of fused-ring (bicyclic) bond motifs is 1. The van der Waals surface area contributed by atoms with Gasteiger partial charge in [-0.3, -0.25) is 4.18 Å². The van der Waals surface area contributed by atoms with Crippen molar-refractivity contribution in [3.8, 4) is 0 Å². The van der Waals surface area contributed by atoms with Gasteiger partial charge in [-0.25, -0.2) is 9.78 Å². The van der Waals surface area contributed by atoms with Crippen molar-refractivity contribution in [2.75, 3.05) is 6.26 Å². The maximum atomic E-state index is 12.0. The van der Waals surface area contributed by atoms with Gasteiger partial charge >= 0.3 is 5.97 Å². The van der Waals surface area contributed by atoms with E-state index in [1.54, 1.807) is 24.3 Å². The molecule has 0 amide bonds. The molecule has 0 unspecified atom stereocenters. The Kier molecular flexibility index (Phi) is 7.84. The number of aryl methyl sites for hydroxylation is 1. The van der Waals surface area contributed by atoms with Crippen LogP contribution in [0.15, 0.2) is 78.9 Å². The van der Waals surface area contributed by atoms with Crippen molar-refractivity contribution in [3.05, 3.63) is 112 Å². The van der Waals surface area contributed by atoms with Gasteiger partial charge in [-0.05, 0) is 65.9 Å². The van der Waals surface area contributed by atoms with Crippen LogP contribution < -0.4 is 0 Å². The van der Waals surface area contributed by atoms with E-state index in [0.717, 1.165) is 28.4 Å². The molecule has 1 heterocycles. The Labute approximate surface area is 215 Å². The minimum atomic E-state index is -3.75. The van der Waals surface area contributed by atoms with Crippen LogP contribution in [0.25, 0.3) is 23.1 Å². The maximum Gasteiger partial charge on any atom is 0.335 e. The second kappa shape index (κ2) is 11.0. The van der Waals surface area contributed by atoms with Gasteiger partial charge in [-0.2, -0.15) is 8.42 Å². The van der Waals surface area contributed by atoms with E-state index < -0.39 is 22.2 Å². The Morgan fingerprint density at radius 2 is 1.81 bits per heavy atom. The molecule has 8 heteroatoms. The lowest BCUT2D eigenvalue weighted by Gasteiger charge is -2.18. The Balaban J connectivity index is 1.58. The number of benzene rings is 3. The highest BCUT2D eigenvalue weighted by molar-refractivity contribution is 7.86. The van der Waals surface area contributed by atoms with E-state index in [1.807, 2.05) is 60.7 Å². The average Bonchev–Trinajstić information content (AvgIpc) is 2.84. The number of aromatic carboxylic acids is 1. The zero-order valence-electron chi connectivity index (χ0n) is 19.5. The molecular weight excluding hydrogens is 498 g/mol. The standard InChI is InChI=1S/C28H24ClNO5S/c1-36(33,34)35-27(16-12-20-6-2-3-8-25(20)28(31)32)22-7-4-5-19(17-22)9-14-24-15-11-21-10-13-23(29)18-26(21)30-24/h2-11,13-15,17-18,27H,12,16H2,1H3,(H,31,32)/b14-9+/t27-/m0/s1. The molecular formula is C28H24ClNO5S. The van der Waals surface area contributed by atoms with Crippen molar-refractivity contribution in [3.63, 3.8) is 0 Å². The Bertz CT molecular complexity index is 1550. The number of halogens is 1. The van der Waals surface area contributed by atoms with E-state index in [9.17, 15) is 18.3 Å². The summed E-state index contributed by atoms with van der Waals surface area (Å²) in [6, 6.07) is 23.5. The minimum Gasteiger partial charge on any atom is -0.478 e. The lowest BCUT2D eigenvalue weighted by atomic mass is 9.97. The molecule has 0 spiro atoms. The Morgan fingerprint density at radius 3 is 2.58 bits per heavy atom. The molecule has 184 valence electrons. The minimum absolute atomic E-state index is 0.191. The Morgan fingerprint density at radius 1 is 1.03 bits per heavy atom. The van der Waals surface area contributed by atoms with E-state index >= 15 is 0 Å². The van der Waals surface area contributed by atoms with Gasteiger partial charge in [0.2, 0.25) is 0 Å². The molecule has 0 aliphatic carbocycles. The monoisotopic (exact) mass is 521 g/mol. The van der Waals surface area contributed by atoms with Gasteiger partial charge in [0.05, 0.1) is 23.0 Å². The molecule has 3 aromatic carbocycles. The number of rotatable bonds is 9. The first kappa shape index (κ1) is 25.6. The molecule has 1 atom stereocenters. The molecule has 6 nitrogen and oxygen atoms in total. The molecule has 0 fully saturated rings. The molecule has 1 N–H and O–H groups in total. The van der Waals surface area contributed by atoms with Crippen LogP contribution in [0.1, 0.15) is 45.3 Å². The van der Waals surface area contributed by atoms with Gasteiger partial charge in [0.1, 0.15) is 6.10 Å². The van der Waals surface area contributed by atoms with Gasteiger partial charge in [0, 0.05) is 10.4 Å². The van der Waals surface area contributed by atoms with Crippen molar-refractivity contribution in [2.45, 2.75) is 18.9 Å². The Hall–Kier alpha value is -3.52. The van der Waals surface area contributed by atoms with E-state index in [1.165, 1.54) is 6.07 Å². The van der Waals surface area contributed by atoms with Crippen molar-refractivity contribution in [1.82, 2.24) is 4.98 Å². The van der Waals surface area contributed by atoms with E-state index in [2.05, 4.69) is 4.98 Å². The van der Waals surface area contributed by atoms with Crippen molar-refractivity contribution in [1.29, 1.82) is 0 Å². The van der Waals surface area contributed by atoms with Crippen LogP contribution in [0, 0.1) is 0 Å². The lowest BCUT2D eigenvalue weighted by molar-refractivity contribution is 0.0695. The highest BCUT2D eigenvalue weighted by Gasteiger charge is 2.20. The normalized spacial score (nSPS) is 12.7. The van der Waals surface area contributed by atoms with E-state index in [0.29, 0.717) is 22.6 Å². The number of hydrogen-bond acceptors (Lipinski definition) is 5. The third-order valence-electron chi connectivity index (χ3n) is 5.62. The van der Waals surface area contributed by atoms with Crippen molar-refractivity contribution < 1.29 is 22.5 Å². The summed E-state index contributed by atoms with van der Waals surface area (Å²) in [5.41, 5.74) is 3.87. The second-order valence-electron chi connectivity index (χ2n) is 8.37. The number of carboxylic acid groups (broad SMARTS) is 1. The number of carboxylic acids is 1. The number of nitrogens with zero attached hydrogens (tertiary/aromatic N) is 1. The first-order valence-corrected chi connectivity index (χ1v) is 13.4. The first-order chi connectivity index (χ1) is 17.2. The average molecular weight is 522 g/mol. The summed E-state index contributed by atoms with van der Waals surface area (Å²) in [4.78, 5) is 16.2. The predicted molar refractivity (Wildman–Crippen MR) is 143 cm³/mol. The zero-order valence-corrected chi connectivity index (χ0v) is 21.0. The van der Waals surface area contributed by atoms with Gasteiger partial charge in [0.25, 0.3) is 10.1 Å². The molecule has 4 aromatic rings. The molecule has 36 heavy (non-hydrogen) atoms. The second-order valence-corrected chi connectivity index (χ2v) is 10.4. The fourth-order valence-electron chi connectivity index (χ4n) is 3.96. The topological polar surface area (TPSA) is 93.6 Å². The van der Waals surface area contributed by atoms with E-state index in [4.69, 9.17) is 15.8 Å². The van der Waals surface area contributed by atoms with Crippen LogP contribution in [0.5, 0.6) is 0 Å². The molecule has 1 aromatic heterocycles. The number of pyridine rings is 1. The first-order valence-electron chi connectivity index (χ1n) is 11.2. The maximum absolute atomic E-state index is 12.0. The molecule has 0 aliphatic rings. The van der Waals surface area contributed by atoms with Crippen LogP contribution in [0.4, 0.5) is 0 Å². The summed E-state index contributed by atoms with van der Waals surface area (Å²) in [6.07, 6.45) is 4.63. The number of carbonyl (C=O) groups is 1. The highest BCUT2D eigenvalue weighted by Crippen LogP contribution is 2.27. The van der Waals surface area contributed by atoms with Crippen LogP contribution >= 0.6 is 11.6 Å². The van der Waals surface area contributed by atoms with Crippen molar-refractivity contribution >= 4 is 50.7 Å². The summed E-state index contributed by atoms with van der Waals surface area (Å²) in [5.74, 6) is -1.03.